The fourth-order valence-corrected chi connectivity index (χ4v) is 6.45. The minimum atomic E-state index is -1.79. The van der Waals surface area contributed by atoms with Crippen molar-refractivity contribution in [1.29, 1.82) is 5.26 Å². The minimum absolute atomic E-state index is 0.365. The summed E-state index contributed by atoms with van der Waals surface area (Å²) < 4.78 is 0. The first-order chi connectivity index (χ1) is 17.5. The van der Waals surface area contributed by atoms with Gasteiger partial charge in [0.1, 0.15) is 0 Å². The van der Waals surface area contributed by atoms with Crippen LogP contribution in [0.25, 0.3) is 21.5 Å². The number of nitrogens with zero attached hydrogens (tertiary/aromatic N) is 1. The number of hydrogen-bond donors (Lipinski definition) is 0. The Labute approximate surface area is 233 Å². The smallest absolute Gasteiger partial charge is 0.0145 e. The molecule has 6 heteroatoms. The molecule has 0 unspecified atom stereocenters. The molecule has 0 heterocycles. The zero-order valence-electron chi connectivity index (χ0n) is 19.7. The van der Waals surface area contributed by atoms with E-state index < -0.39 is 15.2 Å². The fraction of sp³-hybridized carbons (Fsp3) is 0.100. The average molecular weight is 735 g/mol. The minimum Gasteiger partial charge on any atom is -0.0622 e. The predicted octanol–water partition coefficient (Wildman–Crippen LogP) is 9.26. The number of hydrogen-bond acceptors (Lipinski definition) is 1. The number of halogens is 3. The second-order valence-corrected chi connectivity index (χ2v) is 19.5. The summed E-state index contributed by atoms with van der Waals surface area (Å²) in [4.78, 5) is 0. The van der Waals surface area contributed by atoms with Gasteiger partial charge in [0.25, 0.3) is 0 Å². The van der Waals surface area contributed by atoms with Gasteiger partial charge < -0.3 is 0 Å². The maximum Gasteiger partial charge on any atom is -0.0145 e. The van der Waals surface area contributed by atoms with Crippen LogP contribution in [-0.2, 0) is 21.6 Å². The van der Waals surface area contributed by atoms with Crippen molar-refractivity contribution in [3.63, 3.8) is 0 Å². The van der Waals surface area contributed by atoms with Crippen LogP contribution in [-0.4, -0.2) is 6.16 Å². The maximum atomic E-state index is 7.32. The van der Waals surface area contributed by atoms with Crippen molar-refractivity contribution >= 4 is 67.6 Å². The van der Waals surface area contributed by atoms with E-state index >= 15 is 0 Å². The molecule has 5 aromatic rings. The Morgan fingerprint density at radius 1 is 0.667 bits per heavy atom. The summed E-state index contributed by atoms with van der Waals surface area (Å²) in [5, 5.41) is 15.6. The molecule has 188 valence electrons. The molecule has 0 fully saturated rings. The number of fused-ring (bicyclic) bond motifs is 2. The molecule has 0 aliphatic carbocycles. The normalized spacial score (nSPS) is 10.6. The third kappa shape index (κ3) is 8.62. The van der Waals surface area contributed by atoms with Crippen molar-refractivity contribution in [3.05, 3.63) is 121 Å². The summed E-state index contributed by atoms with van der Waals surface area (Å²) in [6, 6.07) is 43.9. The molecule has 36 heavy (non-hydrogen) atoms. The van der Waals surface area contributed by atoms with Crippen molar-refractivity contribution in [2.75, 3.05) is 6.16 Å². The van der Waals surface area contributed by atoms with E-state index in [1.54, 1.807) is 6.07 Å². The Balaban J connectivity index is 0.000000463. The van der Waals surface area contributed by atoms with Crippen molar-refractivity contribution in [2.24, 2.45) is 0 Å². The van der Waals surface area contributed by atoms with Crippen molar-refractivity contribution in [3.8, 4) is 6.07 Å². The first-order valence-electron chi connectivity index (χ1n) is 11.2. The van der Waals surface area contributed by atoms with Crippen LogP contribution in [0, 0.1) is 11.3 Å². The monoisotopic (exact) mass is 733 g/mol. The quantitative estimate of drug-likeness (QED) is 0.100. The molecule has 0 saturated heterocycles. The Morgan fingerprint density at radius 3 is 1.64 bits per heavy atom. The Morgan fingerprint density at radius 2 is 1.11 bits per heavy atom. The van der Waals surface area contributed by atoms with E-state index in [0.717, 1.165) is 12.6 Å². The topological polar surface area (TPSA) is 23.8 Å². The Kier molecular flexibility index (Phi) is 12.3. The van der Waals surface area contributed by atoms with E-state index in [-0.39, 0.29) is 7.92 Å². The van der Waals surface area contributed by atoms with Gasteiger partial charge in [-0.3, -0.25) is 0 Å². The molecule has 1 nitrogen and oxygen atoms in total. The van der Waals surface area contributed by atoms with Gasteiger partial charge in [0.2, 0.25) is 0 Å². The van der Waals surface area contributed by atoms with Crippen molar-refractivity contribution < 1.29 is 15.2 Å². The van der Waals surface area contributed by atoms with Crippen LogP contribution in [0.1, 0.15) is 12.5 Å². The molecule has 5 rings (SSSR count). The summed E-state index contributed by atoms with van der Waals surface area (Å²) in [5.41, 5.74) is 1.45. The molecule has 0 aliphatic rings. The van der Waals surface area contributed by atoms with Crippen LogP contribution in [0.2, 0.25) is 0 Å². The van der Waals surface area contributed by atoms with Gasteiger partial charge in [0, 0.05) is 6.92 Å². The van der Waals surface area contributed by atoms with Crippen LogP contribution in [0.4, 0.5) is 0 Å². The largest absolute Gasteiger partial charge is 0.0622 e. The molecule has 0 radical (unpaired) electrons. The first-order valence-corrected chi connectivity index (χ1v) is 20.8. The van der Waals surface area contributed by atoms with E-state index in [1.165, 1.54) is 44.6 Å². The third-order valence-electron chi connectivity index (χ3n) is 5.58. The number of nitriles is 1. The third-order valence-corrected chi connectivity index (χ3v) is 8.09. The molecule has 0 aliphatic heterocycles. The number of aryl methyl sites for hydroxylation is 1. The van der Waals surface area contributed by atoms with Gasteiger partial charge in [-0.05, 0) is 70.4 Å². The van der Waals surface area contributed by atoms with Gasteiger partial charge in [-0.1, -0.05) is 103 Å². The molecule has 5 aromatic carbocycles. The van der Waals surface area contributed by atoms with E-state index in [4.69, 9.17) is 32.8 Å². The predicted molar refractivity (Wildman–Crippen MR) is 158 cm³/mol. The second-order valence-electron chi connectivity index (χ2n) is 7.76. The molecule has 0 aromatic heterocycles. The summed E-state index contributed by atoms with van der Waals surface area (Å²) in [5.74, 6) is 0. The van der Waals surface area contributed by atoms with Gasteiger partial charge in [0.05, 0.1) is 6.07 Å². The fourth-order valence-electron chi connectivity index (χ4n) is 4.11. The summed E-state index contributed by atoms with van der Waals surface area (Å²) in [7, 11) is 14.5. The Hall–Kier alpha value is -1.85. The first kappa shape index (κ1) is 28.7. The van der Waals surface area contributed by atoms with Gasteiger partial charge in [-0.2, -0.15) is 5.26 Å². The zero-order valence-corrected chi connectivity index (χ0v) is 25.0. The molecule has 0 bridgehead atoms. The van der Waals surface area contributed by atoms with Gasteiger partial charge in [-0.25, -0.2) is 0 Å². The van der Waals surface area contributed by atoms with E-state index in [2.05, 4.69) is 115 Å². The van der Waals surface area contributed by atoms with Crippen LogP contribution >= 0.6 is 35.5 Å². The van der Waals surface area contributed by atoms with Crippen LogP contribution in [0.5, 0.6) is 0 Å². The van der Waals surface area contributed by atoms with Crippen LogP contribution in [0.15, 0.2) is 115 Å². The number of rotatable bonds is 5. The van der Waals surface area contributed by atoms with Gasteiger partial charge in [-0.15, -0.1) is 0 Å². The molecule has 0 amide bonds. The molecular formula is C30H26AuCl3NP. The standard InChI is InChI=1S/C28H23P.C2H3N.Au.3ClH/c1-3-14-26(15-4-1)29(27-16-5-2-6-17-27)19-18-22-12-9-13-25-20-23-10-7-8-11-24(23)21-28(22)25;1-2-3;;;;/h1-17,20-21H,18-19H2;1H3;;3*1H/q;;+3;;;/p-3. The van der Waals surface area contributed by atoms with E-state index in [0.29, 0.717) is 0 Å². The average Bonchev–Trinajstić information content (AvgIpc) is 2.89. The molecular weight excluding hydrogens is 709 g/mol. The van der Waals surface area contributed by atoms with Crippen LogP contribution in [0.3, 0.4) is 0 Å². The molecule has 0 atom stereocenters. The summed E-state index contributed by atoms with van der Waals surface area (Å²) in [6.07, 6.45) is 2.25. The molecule has 0 N–H and O–H groups in total. The summed E-state index contributed by atoms with van der Waals surface area (Å²) in [6.45, 7) is 1.43. The SMILES string of the molecule is CC#N.[Cl][Au]([Cl])[Cl].c1ccc(P(CCc2cccc3cc4ccccc4cc23)c2ccccc2)cc1. The van der Waals surface area contributed by atoms with E-state index in [1.807, 2.05) is 0 Å². The molecule has 0 saturated carbocycles. The zero-order chi connectivity index (χ0) is 25.8. The van der Waals surface area contributed by atoms with Crippen LogP contribution < -0.4 is 10.6 Å². The molecule has 0 spiro atoms. The van der Waals surface area contributed by atoms with E-state index in [9.17, 15) is 0 Å². The van der Waals surface area contributed by atoms with Crippen molar-refractivity contribution in [1.82, 2.24) is 0 Å². The second kappa shape index (κ2) is 15.4. The number of benzene rings is 5. The van der Waals surface area contributed by atoms with Crippen molar-refractivity contribution in [2.45, 2.75) is 13.3 Å². The summed E-state index contributed by atoms with van der Waals surface area (Å²) >= 11 is -1.79. The van der Waals surface area contributed by atoms with Gasteiger partial charge >= 0.3 is 42.8 Å². The Bertz CT molecular complexity index is 1360. The maximum absolute atomic E-state index is 7.32. The van der Waals surface area contributed by atoms with Gasteiger partial charge in [0.15, 0.2) is 0 Å².